The smallest absolute Gasteiger partial charge is 0.274 e. The molecule has 2 amide bonds. The normalized spacial score (nSPS) is 26.0. The molecule has 27 heavy (non-hydrogen) atoms. The molecule has 7 nitrogen and oxygen atoms in total. The number of hydrogen-bond acceptors (Lipinski definition) is 5. The highest BCUT2D eigenvalue weighted by molar-refractivity contribution is 5.92. The second-order valence-corrected chi connectivity index (χ2v) is 8.56. The summed E-state index contributed by atoms with van der Waals surface area (Å²) in [6.07, 6.45) is 7.82. The van der Waals surface area contributed by atoms with Gasteiger partial charge in [0.15, 0.2) is 0 Å². The van der Waals surface area contributed by atoms with Gasteiger partial charge in [0.05, 0.1) is 11.9 Å². The summed E-state index contributed by atoms with van der Waals surface area (Å²) in [5.74, 6) is 0.285. The van der Waals surface area contributed by atoms with E-state index < -0.39 is 0 Å². The SMILES string of the molecule is Cc1cnc(C(=O)N2CCC3(CCC(=O)N(C4CCN(C)C4)C3)CC2)cn1. The van der Waals surface area contributed by atoms with Crippen molar-refractivity contribution >= 4 is 11.8 Å². The minimum Gasteiger partial charge on any atom is -0.338 e. The van der Waals surface area contributed by atoms with E-state index in [9.17, 15) is 9.59 Å². The van der Waals surface area contributed by atoms with Crippen molar-refractivity contribution < 1.29 is 9.59 Å². The first-order valence-electron chi connectivity index (χ1n) is 10.0. The number of likely N-dealkylation sites (tertiary alicyclic amines) is 3. The van der Waals surface area contributed by atoms with Crippen LogP contribution in [0.1, 0.15) is 48.3 Å². The summed E-state index contributed by atoms with van der Waals surface area (Å²) in [6, 6.07) is 0.363. The van der Waals surface area contributed by atoms with Crippen molar-refractivity contribution in [2.24, 2.45) is 5.41 Å². The number of likely N-dealkylation sites (N-methyl/N-ethyl adjacent to an activating group) is 1. The van der Waals surface area contributed by atoms with Gasteiger partial charge in [0.1, 0.15) is 5.69 Å². The molecule has 1 spiro atoms. The zero-order chi connectivity index (χ0) is 19.0. The molecule has 1 unspecified atom stereocenters. The van der Waals surface area contributed by atoms with E-state index in [1.165, 1.54) is 0 Å². The molecular formula is C20H29N5O2. The molecule has 1 aromatic heterocycles. The fourth-order valence-electron chi connectivity index (χ4n) is 4.80. The number of hydrogen-bond donors (Lipinski definition) is 0. The number of aromatic nitrogens is 2. The van der Waals surface area contributed by atoms with Gasteiger partial charge >= 0.3 is 0 Å². The number of piperidine rings is 2. The van der Waals surface area contributed by atoms with Crippen molar-refractivity contribution in [1.82, 2.24) is 24.7 Å². The van der Waals surface area contributed by atoms with Gasteiger partial charge in [0.25, 0.3) is 5.91 Å². The molecular weight excluding hydrogens is 342 g/mol. The van der Waals surface area contributed by atoms with Gasteiger partial charge in [-0.15, -0.1) is 0 Å². The number of nitrogens with zero attached hydrogens (tertiary/aromatic N) is 5. The molecule has 1 atom stereocenters. The highest BCUT2D eigenvalue weighted by Gasteiger charge is 2.44. The van der Waals surface area contributed by atoms with Crippen LogP contribution in [0.25, 0.3) is 0 Å². The molecule has 3 aliphatic heterocycles. The zero-order valence-corrected chi connectivity index (χ0v) is 16.4. The lowest BCUT2D eigenvalue weighted by Gasteiger charge is -2.48. The molecule has 1 aromatic rings. The third-order valence-electron chi connectivity index (χ3n) is 6.61. The molecule has 4 rings (SSSR count). The minimum absolute atomic E-state index is 0.0292. The second kappa shape index (κ2) is 7.19. The third kappa shape index (κ3) is 3.70. The molecule has 0 saturated carbocycles. The summed E-state index contributed by atoms with van der Waals surface area (Å²) in [7, 11) is 2.13. The summed E-state index contributed by atoms with van der Waals surface area (Å²) in [5.41, 5.74) is 1.41. The zero-order valence-electron chi connectivity index (χ0n) is 16.4. The molecule has 7 heteroatoms. The van der Waals surface area contributed by atoms with Crippen LogP contribution < -0.4 is 0 Å². The van der Waals surface area contributed by atoms with Gasteiger partial charge in [-0.3, -0.25) is 14.6 Å². The van der Waals surface area contributed by atoms with Crippen LogP contribution in [-0.4, -0.2) is 82.3 Å². The van der Waals surface area contributed by atoms with E-state index in [4.69, 9.17) is 0 Å². The summed E-state index contributed by atoms with van der Waals surface area (Å²) < 4.78 is 0. The highest BCUT2D eigenvalue weighted by Crippen LogP contribution is 2.41. The first-order valence-corrected chi connectivity index (χ1v) is 10.0. The van der Waals surface area contributed by atoms with Gasteiger partial charge in [-0.05, 0) is 51.6 Å². The Hall–Kier alpha value is -2.02. The maximum atomic E-state index is 12.7. The van der Waals surface area contributed by atoms with Gasteiger partial charge in [0, 0.05) is 44.8 Å². The van der Waals surface area contributed by atoms with E-state index in [0.29, 0.717) is 24.1 Å². The molecule has 146 valence electrons. The van der Waals surface area contributed by atoms with Crippen molar-refractivity contribution in [3.8, 4) is 0 Å². The third-order valence-corrected chi connectivity index (χ3v) is 6.61. The molecule has 4 heterocycles. The summed E-state index contributed by atoms with van der Waals surface area (Å²) in [6.45, 7) is 6.25. The van der Waals surface area contributed by atoms with Crippen molar-refractivity contribution in [3.63, 3.8) is 0 Å². The molecule has 0 aliphatic carbocycles. The Kier molecular flexibility index (Phi) is 4.88. The monoisotopic (exact) mass is 371 g/mol. The summed E-state index contributed by atoms with van der Waals surface area (Å²) >= 11 is 0. The molecule has 3 saturated heterocycles. The van der Waals surface area contributed by atoms with Crippen LogP contribution >= 0.6 is 0 Å². The fourth-order valence-corrected chi connectivity index (χ4v) is 4.80. The van der Waals surface area contributed by atoms with Gasteiger partial charge in [-0.2, -0.15) is 0 Å². The van der Waals surface area contributed by atoms with Crippen LogP contribution in [0.5, 0.6) is 0 Å². The quantitative estimate of drug-likeness (QED) is 0.785. The minimum atomic E-state index is -0.0292. The predicted molar refractivity (Wildman–Crippen MR) is 101 cm³/mol. The number of rotatable bonds is 2. The van der Waals surface area contributed by atoms with Crippen LogP contribution in [0.2, 0.25) is 0 Å². The standard InChI is InChI=1S/C20H29N5O2/c1-15-11-22-17(12-21-15)19(27)24-9-6-20(7-10-24)5-3-18(26)25(14-20)16-4-8-23(2)13-16/h11-12,16H,3-10,13-14H2,1-2H3. The van der Waals surface area contributed by atoms with E-state index in [1.807, 2.05) is 11.8 Å². The Morgan fingerprint density at radius 1 is 1.15 bits per heavy atom. The molecule has 0 bridgehead atoms. The first-order chi connectivity index (χ1) is 13.0. The van der Waals surface area contributed by atoms with E-state index in [1.54, 1.807) is 12.4 Å². The molecule has 0 aromatic carbocycles. The maximum Gasteiger partial charge on any atom is 0.274 e. The van der Waals surface area contributed by atoms with E-state index in [2.05, 4.69) is 26.8 Å². The van der Waals surface area contributed by atoms with Crippen LogP contribution in [0.15, 0.2) is 12.4 Å². The average Bonchev–Trinajstić information content (AvgIpc) is 3.11. The van der Waals surface area contributed by atoms with Crippen LogP contribution in [0.4, 0.5) is 0 Å². The Balaban J connectivity index is 1.39. The molecule has 3 fully saturated rings. The van der Waals surface area contributed by atoms with E-state index in [0.717, 1.165) is 64.1 Å². The van der Waals surface area contributed by atoms with Gasteiger partial charge in [0.2, 0.25) is 5.91 Å². The van der Waals surface area contributed by atoms with Crippen molar-refractivity contribution in [1.29, 1.82) is 0 Å². The maximum absolute atomic E-state index is 12.7. The highest BCUT2D eigenvalue weighted by atomic mass is 16.2. The average molecular weight is 371 g/mol. The molecule has 0 N–H and O–H groups in total. The van der Waals surface area contributed by atoms with Gasteiger partial charge in [-0.1, -0.05) is 0 Å². The lowest BCUT2D eigenvalue weighted by molar-refractivity contribution is -0.141. The Morgan fingerprint density at radius 3 is 2.56 bits per heavy atom. The first kappa shape index (κ1) is 18.3. The summed E-state index contributed by atoms with van der Waals surface area (Å²) in [5, 5.41) is 0. The number of amides is 2. The number of aryl methyl sites for hydroxylation is 1. The van der Waals surface area contributed by atoms with Crippen molar-refractivity contribution in [2.75, 3.05) is 39.8 Å². The van der Waals surface area contributed by atoms with Crippen molar-refractivity contribution in [3.05, 3.63) is 23.8 Å². The molecule has 3 aliphatic rings. The van der Waals surface area contributed by atoms with E-state index >= 15 is 0 Å². The van der Waals surface area contributed by atoms with Crippen LogP contribution in [0, 0.1) is 12.3 Å². The predicted octanol–water partition coefficient (Wildman–Crippen LogP) is 1.33. The van der Waals surface area contributed by atoms with Gasteiger partial charge < -0.3 is 14.7 Å². The second-order valence-electron chi connectivity index (χ2n) is 8.56. The van der Waals surface area contributed by atoms with Gasteiger partial charge in [-0.25, -0.2) is 4.98 Å². The Labute approximate surface area is 160 Å². The van der Waals surface area contributed by atoms with E-state index in [-0.39, 0.29) is 11.3 Å². The van der Waals surface area contributed by atoms with Crippen molar-refractivity contribution in [2.45, 2.75) is 45.1 Å². The molecule has 0 radical (unpaired) electrons. The summed E-state index contributed by atoms with van der Waals surface area (Å²) in [4.78, 5) is 40.0. The topological polar surface area (TPSA) is 69.6 Å². The van der Waals surface area contributed by atoms with Crippen LogP contribution in [0.3, 0.4) is 0 Å². The lowest BCUT2D eigenvalue weighted by atomic mass is 9.72. The Bertz CT molecular complexity index is 712. The lowest BCUT2D eigenvalue weighted by Crippen LogP contribution is -2.55. The fraction of sp³-hybridized carbons (Fsp3) is 0.700. The van der Waals surface area contributed by atoms with Crippen LogP contribution in [-0.2, 0) is 4.79 Å². The number of carbonyl (C=O) groups is 2. The Morgan fingerprint density at radius 2 is 1.93 bits per heavy atom. The number of carbonyl (C=O) groups excluding carboxylic acids is 2. The largest absolute Gasteiger partial charge is 0.338 e.